The van der Waals surface area contributed by atoms with E-state index in [4.69, 9.17) is 22.1 Å². The van der Waals surface area contributed by atoms with Crippen LogP contribution in [0.15, 0.2) is 18.2 Å². The fourth-order valence-electron chi connectivity index (χ4n) is 1.53. The lowest BCUT2D eigenvalue weighted by Gasteiger charge is -2.26. The van der Waals surface area contributed by atoms with Gasteiger partial charge in [-0.1, -0.05) is 31.5 Å². The van der Waals surface area contributed by atoms with Crippen LogP contribution in [0.5, 0.6) is 5.75 Å². The van der Waals surface area contributed by atoms with Gasteiger partial charge in [-0.2, -0.15) is 0 Å². The van der Waals surface area contributed by atoms with Crippen LogP contribution in [0.3, 0.4) is 0 Å². The first-order chi connectivity index (χ1) is 7.95. The number of hydrogen-bond acceptors (Lipinski definition) is 3. The monoisotopic (exact) mass is 257 g/mol. The molecule has 0 heterocycles. The molecule has 1 aromatic carbocycles. The topological polar surface area (TPSA) is 55.5 Å². The number of aryl methyl sites for hydroxylation is 1. The first-order valence-corrected chi connectivity index (χ1v) is 6.12. The summed E-state index contributed by atoms with van der Waals surface area (Å²) in [6.07, 6.45) is -0.410. The van der Waals surface area contributed by atoms with Crippen molar-refractivity contribution in [1.29, 1.82) is 0 Å². The third-order valence-corrected chi connectivity index (χ3v) is 3.04. The standard InChI is InChI=1S/C13H20ClNO2/c1-8(2)13(15)12(7-16)17-11-6-10(14)5-4-9(11)3/h4-6,8,12-13,16H,7,15H2,1-3H3. The Kier molecular flexibility index (Phi) is 5.25. The summed E-state index contributed by atoms with van der Waals surface area (Å²) in [7, 11) is 0. The summed E-state index contributed by atoms with van der Waals surface area (Å²) < 4.78 is 5.74. The highest BCUT2D eigenvalue weighted by atomic mass is 35.5. The zero-order chi connectivity index (χ0) is 13.0. The molecule has 3 N–H and O–H groups in total. The van der Waals surface area contributed by atoms with Gasteiger partial charge in [0.05, 0.1) is 6.61 Å². The van der Waals surface area contributed by atoms with Crippen LogP contribution in [0.2, 0.25) is 5.02 Å². The Bertz CT molecular complexity index is 368. The second-order valence-electron chi connectivity index (χ2n) is 4.57. The van der Waals surface area contributed by atoms with Gasteiger partial charge in [-0.05, 0) is 30.5 Å². The minimum atomic E-state index is -0.410. The molecule has 0 aliphatic heterocycles. The molecule has 96 valence electrons. The molecule has 2 unspecified atom stereocenters. The fraction of sp³-hybridized carbons (Fsp3) is 0.538. The number of aliphatic hydroxyl groups excluding tert-OH is 1. The molecule has 0 aliphatic rings. The lowest BCUT2D eigenvalue weighted by Crippen LogP contribution is -2.45. The van der Waals surface area contributed by atoms with Gasteiger partial charge in [-0.3, -0.25) is 0 Å². The molecule has 0 fully saturated rings. The fourth-order valence-corrected chi connectivity index (χ4v) is 1.69. The van der Waals surface area contributed by atoms with Crippen molar-refractivity contribution < 1.29 is 9.84 Å². The predicted octanol–water partition coefficient (Wildman–Crippen LogP) is 2.37. The Morgan fingerprint density at radius 2 is 2.06 bits per heavy atom. The van der Waals surface area contributed by atoms with Gasteiger partial charge in [-0.15, -0.1) is 0 Å². The van der Waals surface area contributed by atoms with Gasteiger partial charge in [-0.25, -0.2) is 0 Å². The van der Waals surface area contributed by atoms with Crippen molar-refractivity contribution in [3.63, 3.8) is 0 Å². The maximum absolute atomic E-state index is 9.33. The van der Waals surface area contributed by atoms with Gasteiger partial charge in [0.2, 0.25) is 0 Å². The molecular formula is C13H20ClNO2. The van der Waals surface area contributed by atoms with Crippen LogP contribution in [0.25, 0.3) is 0 Å². The second kappa shape index (κ2) is 6.24. The van der Waals surface area contributed by atoms with Crippen molar-refractivity contribution in [3.05, 3.63) is 28.8 Å². The van der Waals surface area contributed by atoms with Crippen LogP contribution >= 0.6 is 11.6 Å². The number of hydrogen-bond donors (Lipinski definition) is 2. The summed E-state index contributed by atoms with van der Waals surface area (Å²) >= 11 is 5.91. The van der Waals surface area contributed by atoms with Crippen LogP contribution in [0, 0.1) is 12.8 Å². The summed E-state index contributed by atoms with van der Waals surface area (Å²) in [5, 5.41) is 9.94. The number of rotatable bonds is 5. The lowest BCUT2D eigenvalue weighted by atomic mass is 10.00. The van der Waals surface area contributed by atoms with Crippen LogP contribution in [0.1, 0.15) is 19.4 Å². The summed E-state index contributed by atoms with van der Waals surface area (Å²) in [6.45, 7) is 5.83. The Hall–Kier alpha value is -0.770. The number of ether oxygens (including phenoxy) is 1. The molecule has 0 radical (unpaired) electrons. The number of aliphatic hydroxyl groups is 1. The molecule has 0 amide bonds. The quantitative estimate of drug-likeness (QED) is 0.852. The molecule has 4 heteroatoms. The summed E-state index contributed by atoms with van der Waals surface area (Å²) in [5.41, 5.74) is 6.96. The summed E-state index contributed by atoms with van der Waals surface area (Å²) in [4.78, 5) is 0. The van der Waals surface area contributed by atoms with E-state index in [0.29, 0.717) is 10.8 Å². The maximum Gasteiger partial charge on any atom is 0.137 e. The van der Waals surface area contributed by atoms with Gasteiger partial charge in [0, 0.05) is 11.1 Å². The molecule has 0 saturated carbocycles. The normalized spacial score (nSPS) is 14.8. The van der Waals surface area contributed by atoms with E-state index in [1.807, 2.05) is 26.8 Å². The third kappa shape index (κ3) is 3.87. The molecule has 0 aliphatic carbocycles. The Morgan fingerprint density at radius 1 is 1.41 bits per heavy atom. The molecule has 2 atom stereocenters. The van der Waals surface area contributed by atoms with E-state index < -0.39 is 6.10 Å². The van der Waals surface area contributed by atoms with Crippen LogP contribution in [-0.4, -0.2) is 23.9 Å². The Morgan fingerprint density at radius 3 is 2.59 bits per heavy atom. The number of halogens is 1. The van der Waals surface area contributed by atoms with Crippen molar-refractivity contribution in [2.75, 3.05) is 6.61 Å². The zero-order valence-corrected chi connectivity index (χ0v) is 11.2. The second-order valence-corrected chi connectivity index (χ2v) is 5.01. The number of benzene rings is 1. The van der Waals surface area contributed by atoms with Gasteiger partial charge in [0.15, 0.2) is 0 Å². The third-order valence-electron chi connectivity index (χ3n) is 2.81. The average molecular weight is 258 g/mol. The molecule has 1 aromatic rings. The van der Waals surface area contributed by atoms with Gasteiger partial charge >= 0.3 is 0 Å². The van der Waals surface area contributed by atoms with E-state index in [0.717, 1.165) is 5.56 Å². The molecule has 0 bridgehead atoms. The summed E-state index contributed by atoms with van der Waals surface area (Å²) in [5.74, 6) is 0.916. The van der Waals surface area contributed by atoms with Crippen LogP contribution in [-0.2, 0) is 0 Å². The van der Waals surface area contributed by atoms with E-state index in [1.54, 1.807) is 12.1 Å². The highest BCUT2D eigenvalue weighted by molar-refractivity contribution is 6.30. The van der Waals surface area contributed by atoms with Crippen molar-refractivity contribution in [3.8, 4) is 5.75 Å². The van der Waals surface area contributed by atoms with E-state index >= 15 is 0 Å². The van der Waals surface area contributed by atoms with E-state index in [2.05, 4.69) is 0 Å². The highest BCUT2D eigenvalue weighted by Crippen LogP contribution is 2.24. The maximum atomic E-state index is 9.33. The first-order valence-electron chi connectivity index (χ1n) is 5.75. The minimum Gasteiger partial charge on any atom is -0.486 e. The van der Waals surface area contributed by atoms with E-state index in [9.17, 15) is 5.11 Å². The van der Waals surface area contributed by atoms with Crippen LogP contribution < -0.4 is 10.5 Å². The van der Waals surface area contributed by atoms with Crippen molar-refractivity contribution >= 4 is 11.6 Å². The Labute approximate surface area is 108 Å². The molecule has 17 heavy (non-hydrogen) atoms. The van der Waals surface area contributed by atoms with Gasteiger partial charge < -0.3 is 15.6 Å². The highest BCUT2D eigenvalue weighted by Gasteiger charge is 2.22. The van der Waals surface area contributed by atoms with Gasteiger partial charge in [0.1, 0.15) is 11.9 Å². The number of nitrogens with two attached hydrogens (primary N) is 1. The molecule has 0 aromatic heterocycles. The largest absolute Gasteiger partial charge is 0.486 e. The molecule has 3 nitrogen and oxygen atoms in total. The molecule has 0 spiro atoms. The van der Waals surface area contributed by atoms with Crippen molar-refractivity contribution in [1.82, 2.24) is 0 Å². The molecular weight excluding hydrogens is 238 g/mol. The smallest absolute Gasteiger partial charge is 0.137 e. The summed E-state index contributed by atoms with van der Waals surface area (Å²) in [6, 6.07) is 5.22. The molecule has 0 saturated heterocycles. The Balaban J connectivity index is 2.83. The van der Waals surface area contributed by atoms with Gasteiger partial charge in [0.25, 0.3) is 0 Å². The van der Waals surface area contributed by atoms with E-state index in [1.165, 1.54) is 0 Å². The molecule has 1 rings (SSSR count). The average Bonchev–Trinajstić information content (AvgIpc) is 2.29. The van der Waals surface area contributed by atoms with E-state index in [-0.39, 0.29) is 18.6 Å². The zero-order valence-electron chi connectivity index (χ0n) is 10.5. The predicted molar refractivity (Wildman–Crippen MR) is 70.5 cm³/mol. The van der Waals surface area contributed by atoms with Crippen LogP contribution in [0.4, 0.5) is 0 Å². The van der Waals surface area contributed by atoms with Crippen molar-refractivity contribution in [2.45, 2.75) is 32.9 Å². The first kappa shape index (κ1) is 14.3. The lowest BCUT2D eigenvalue weighted by molar-refractivity contribution is 0.0805. The minimum absolute atomic E-state index is 0.106. The SMILES string of the molecule is Cc1ccc(Cl)cc1OC(CO)C(N)C(C)C. The van der Waals surface area contributed by atoms with Crippen molar-refractivity contribution in [2.24, 2.45) is 11.7 Å².